The normalized spacial score (nSPS) is 16.3. The molecule has 5 nitrogen and oxygen atoms in total. The number of nitrogens with one attached hydrogen (secondary N) is 1. The maximum atomic E-state index is 12.1. The summed E-state index contributed by atoms with van der Waals surface area (Å²) in [4.78, 5) is 14.3. The van der Waals surface area contributed by atoms with Crippen LogP contribution in [0.4, 0.5) is 17.3 Å². The first-order valence-corrected chi connectivity index (χ1v) is 8.65. The quantitative estimate of drug-likeness (QED) is 0.905. The van der Waals surface area contributed by atoms with Gasteiger partial charge in [0.05, 0.1) is 0 Å². The van der Waals surface area contributed by atoms with Crippen LogP contribution < -0.4 is 10.2 Å². The maximum Gasteiger partial charge on any atom is 0.228 e. The van der Waals surface area contributed by atoms with E-state index in [9.17, 15) is 4.79 Å². The van der Waals surface area contributed by atoms with Gasteiger partial charge in [0.1, 0.15) is 0 Å². The van der Waals surface area contributed by atoms with Crippen LogP contribution >= 0.6 is 0 Å². The first-order valence-electron chi connectivity index (χ1n) is 8.65. The number of fused-ring (bicyclic) bond motifs is 1. The number of aromatic nitrogens is 2. The van der Waals surface area contributed by atoms with E-state index >= 15 is 0 Å². The number of benzene rings is 1. The molecule has 5 heteroatoms. The molecule has 0 saturated heterocycles. The Balaban J connectivity index is 1.77. The van der Waals surface area contributed by atoms with Crippen molar-refractivity contribution >= 4 is 23.2 Å². The maximum absolute atomic E-state index is 12.1. The molecule has 3 rings (SSSR count). The Morgan fingerprint density at radius 3 is 2.62 bits per heavy atom. The summed E-state index contributed by atoms with van der Waals surface area (Å²) < 4.78 is 0. The number of carbonyl (C=O) groups is 1. The molecule has 24 heavy (non-hydrogen) atoms. The molecule has 1 aromatic heterocycles. The van der Waals surface area contributed by atoms with E-state index in [1.165, 1.54) is 11.3 Å². The number of nitrogens with zero attached hydrogens (tertiary/aromatic N) is 3. The van der Waals surface area contributed by atoms with Crippen LogP contribution in [0.2, 0.25) is 0 Å². The summed E-state index contributed by atoms with van der Waals surface area (Å²) in [5.74, 6) is 1.36. The van der Waals surface area contributed by atoms with Crippen LogP contribution in [-0.2, 0) is 11.2 Å². The highest BCUT2D eigenvalue weighted by atomic mass is 16.1. The van der Waals surface area contributed by atoms with Gasteiger partial charge in [-0.05, 0) is 49.9 Å². The van der Waals surface area contributed by atoms with Gasteiger partial charge in [-0.1, -0.05) is 32.0 Å². The van der Waals surface area contributed by atoms with Crippen LogP contribution in [0.1, 0.15) is 39.2 Å². The van der Waals surface area contributed by atoms with E-state index in [-0.39, 0.29) is 11.8 Å². The lowest BCUT2D eigenvalue weighted by atomic mass is 10.0. The number of rotatable bonds is 5. The van der Waals surface area contributed by atoms with Gasteiger partial charge in [0.25, 0.3) is 0 Å². The summed E-state index contributed by atoms with van der Waals surface area (Å²) in [7, 11) is 0. The van der Waals surface area contributed by atoms with Crippen LogP contribution in [0.3, 0.4) is 0 Å². The van der Waals surface area contributed by atoms with Gasteiger partial charge in [0.15, 0.2) is 11.6 Å². The molecule has 1 N–H and O–H groups in total. The average molecular weight is 324 g/mol. The number of hydrogen-bond donors (Lipinski definition) is 1. The minimum absolute atomic E-state index is 0.0157. The molecule has 1 amide bonds. The van der Waals surface area contributed by atoms with E-state index in [2.05, 4.69) is 45.5 Å². The minimum atomic E-state index is 0.0157. The van der Waals surface area contributed by atoms with E-state index in [0.717, 1.165) is 25.1 Å². The van der Waals surface area contributed by atoms with Gasteiger partial charge in [0, 0.05) is 17.6 Å². The highest BCUT2D eigenvalue weighted by Gasteiger charge is 2.27. The summed E-state index contributed by atoms with van der Waals surface area (Å²) in [5.41, 5.74) is 2.52. The second-order valence-corrected chi connectivity index (χ2v) is 6.33. The summed E-state index contributed by atoms with van der Waals surface area (Å²) in [6.45, 7) is 6.23. The molecule has 2 heterocycles. The molecule has 0 fully saturated rings. The van der Waals surface area contributed by atoms with Crippen molar-refractivity contribution in [3.8, 4) is 0 Å². The van der Waals surface area contributed by atoms with Crippen molar-refractivity contribution in [2.24, 2.45) is 5.92 Å². The third-order valence-corrected chi connectivity index (χ3v) is 4.71. The number of hydrogen-bond acceptors (Lipinski definition) is 4. The molecular formula is C19H24N4O. The predicted molar refractivity (Wildman–Crippen MR) is 96.5 cm³/mol. The third-order valence-electron chi connectivity index (χ3n) is 4.71. The van der Waals surface area contributed by atoms with E-state index < -0.39 is 0 Å². The zero-order chi connectivity index (χ0) is 17.1. The third kappa shape index (κ3) is 3.11. The number of anilines is 3. The Morgan fingerprint density at radius 1 is 1.21 bits per heavy atom. The molecule has 0 spiro atoms. The van der Waals surface area contributed by atoms with Crippen molar-refractivity contribution in [2.75, 3.05) is 10.2 Å². The number of carbonyl (C=O) groups excluding carboxylic acids is 1. The van der Waals surface area contributed by atoms with Gasteiger partial charge in [0.2, 0.25) is 5.91 Å². The molecule has 1 atom stereocenters. The van der Waals surface area contributed by atoms with Gasteiger partial charge >= 0.3 is 0 Å². The lowest BCUT2D eigenvalue weighted by molar-refractivity contribution is -0.120. The predicted octanol–water partition coefficient (Wildman–Crippen LogP) is 3.93. The van der Waals surface area contributed by atoms with E-state index in [4.69, 9.17) is 0 Å². The fourth-order valence-corrected chi connectivity index (χ4v) is 3.32. The Morgan fingerprint density at radius 2 is 1.96 bits per heavy atom. The minimum Gasteiger partial charge on any atom is -0.321 e. The van der Waals surface area contributed by atoms with Gasteiger partial charge < -0.3 is 10.2 Å². The second kappa shape index (κ2) is 6.99. The SMILES string of the molecule is CCC(CC)C(=O)Nc1ccc(N2c3ccccc3CC2C)nn1. The van der Waals surface area contributed by atoms with Gasteiger partial charge in [-0.3, -0.25) is 4.79 Å². The van der Waals surface area contributed by atoms with Crippen LogP contribution in [-0.4, -0.2) is 22.1 Å². The van der Waals surface area contributed by atoms with Crippen molar-refractivity contribution in [2.45, 2.75) is 46.1 Å². The Hall–Kier alpha value is -2.43. The van der Waals surface area contributed by atoms with Gasteiger partial charge in [-0.25, -0.2) is 0 Å². The highest BCUT2D eigenvalue weighted by Crippen LogP contribution is 2.36. The molecule has 1 aliphatic rings. The molecule has 0 aliphatic carbocycles. The molecule has 1 aliphatic heterocycles. The smallest absolute Gasteiger partial charge is 0.228 e. The highest BCUT2D eigenvalue weighted by molar-refractivity contribution is 5.91. The fraction of sp³-hybridized carbons (Fsp3) is 0.421. The summed E-state index contributed by atoms with van der Waals surface area (Å²) in [5, 5.41) is 11.4. The lowest BCUT2D eigenvalue weighted by Crippen LogP contribution is -2.26. The van der Waals surface area contributed by atoms with Crippen molar-refractivity contribution in [3.63, 3.8) is 0 Å². The van der Waals surface area contributed by atoms with Crippen LogP contribution in [0.25, 0.3) is 0 Å². The van der Waals surface area contributed by atoms with Gasteiger partial charge in [-0.2, -0.15) is 0 Å². The van der Waals surface area contributed by atoms with Crippen LogP contribution in [0.15, 0.2) is 36.4 Å². The number of para-hydroxylation sites is 1. The zero-order valence-electron chi connectivity index (χ0n) is 14.5. The van der Waals surface area contributed by atoms with E-state index in [0.29, 0.717) is 11.9 Å². The topological polar surface area (TPSA) is 58.1 Å². The summed E-state index contributed by atoms with van der Waals surface area (Å²) in [6.07, 6.45) is 2.66. The van der Waals surface area contributed by atoms with E-state index in [1.54, 1.807) is 0 Å². The summed E-state index contributed by atoms with van der Waals surface area (Å²) >= 11 is 0. The monoisotopic (exact) mass is 324 g/mol. The lowest BCUT2D eigenvalue weighted by Gasteiger charge is -2.23. The van der Waals surface area contributed by atoms with Crippen molar-refractivity contribution in [3.05, 3.63) is 42.0 Å². The molecule has 2 aromatic rings. The van der Waals surface area contributed by atoms with Gasteiger partial charge in [-0.15, -0.1) is 10.2 Å². The molecule has 0 saturated carbocycles. The number of amides is 1. The van der Waals surface area contributed by atoms with Crippen LogP contribution in [0, 0.1) is 5.92 Å². The zero-order valence-corrected chi connectivity index (χ0v) is 14.5. The Labute approximate surface area is 143 Å². The first-order chi connectivity index (χ1) is 11.6. The second-order valence-electron chi connectivity index (χ2n) is 6.33. The van der Waals surface area contributed by atoms with Crippen molar-refractivity contribution < 1.29 is 4.79 Å². The molecule has 126 valence electrons. The Kier molecular flexibility index (Phi) is 4.79. The standard InChI is InChI=1S/C19H24N4O/c1-4-14(5-2)19(24)20-17-10-11-18(22-21-17)23-13(3)12-15-8-6-7-9-16(15)23/h6-11,13-14H,4-5,12H2,1-3H3,(H,20,21,24). The fourth-order valence-electron chi connectivity index (χ4n) is 3.32. The molecule has 1 unspecified atom stereocenters. The van der Waals surface area contributed by atoms with Crippen molar-refractivity contribution in [1.82, 2.24) is 10.2 Å². The largest absolute Gasteiger partial charge is 0.321 e. The van der Waals surface area contributed by atoms with Crippen molar-refractivity contribution in [1.29, 1.82) is 0 Å². The Bertz CT molecular complexity index is 710. The molecule has 1 aromatic carbocycles. The van der Waals surface area contributed by atoms with E-state index in [1.807, 2.05) is 32.0 Å². The molecule has 0 bridgehead atoms. The average Bonchev–Trinajstić information content (AvgIpc) is 2.92. The molecular weight excluding hydrogens is 300 g/mol. The van der Waals surface area contributed by atoms with Crippen LogP contribution in [0.5, 0.6) is 0 Å². The molecule has 0 radical (unpaired) electrons. The first kappa shape index (κ1) is 16.4. The summed E-state index contributed by atoms with van der Waals surface area (Å²) in [6, 6.07) is 12.5.